The zero-order chi connectivity index (χ0) is 24.9. The third kappa shape index (κ3) is 5.62. The van der Waals surface area contributed by atoms with Gasteiger partial charge in [0.05, 0.1) is 28.7 Å². The summed E-state index contributed by atoms with van der Waals surface area (Å²) in [6, 6.07) is 17.9. The first-order chi connectivity index (χ1) is 16.8. The molecule has 0 aliphatic carbocycles. The number of hydrogen-bond acceptors (Lipinski definition) is 7. The quantitative estimate of drug-likeness (QED) is 0.171. The number of nitrogens with zero attached hydrogens (tertiary/aromatic N) is 5. The molecule has 0 saturated carbocycles. The minimum Gasteiger partial charge on any atom is -0.272 e. The van der Waals surface area contributed by atoms with E-state index in [0.29, 0.717) is 27.8 Å². The van der Waals surface area contributed by atoms with Crippen molar-refractivity contribution < 1.29 is 9.85 Å². The molecule has 176 valence electrons. The number of hydrazone groups is 1. The predicted molar refractivity (Wildman–Crippen MR) is 134 cm³/mol. The molecule has 1 aromatic heterocycles. The summed E-state index contributed by atoms with van der Waals surface area (Å²) in [5.74, 6) is 0. The van der Waals surface area contributed by atoms with E-state index in [1.807, 2.05) is 36.4 Å². The molecule has 0 unspecified atom stereocenters. The number of halogens is 2. The van der Waals surface area contributed by atoms with Gasteiger partial charge in [0.2, 0.25) is 0 Å². The lowest BCUT2D eigenvalue weighted by molar-refractivity contribution is -0.393. The van der Waals surface area contributed by atoms with Crippen molar-refractivity contribution in [2.75, 3.05) is 5.43 Å². The van der Waals surface area contributed by atoms with Crippen LogP contribution in [0.25, 0.3) is 11.3 Å². The van der Waals surface area contributed by atoms with E-state index in [4.69, 9.17) is 23.2 Å². The van der Waals surface area contributed by atoms with E-state index in [1.54, 1.807) is 23.0 Å². The zero-order valence-corrected chi connectivity index (χ0v) is 19.3. The van der Waals surface area contributed by atoms with Crippen molar-refractivity contribution in [1.82, 2.24) is 9.78 Å². The Morgan fingerprint density at radius 2 is 1.77 bits per heavy atom. The van der Waals surface area contributed by atoms with Gasteiger partial charge < -0.3 is 0 Å². The summed E-state index contributed by atoms with van der Waals surface area (Å²) in [5.41, 5.74) is 4.69. The van der Waals surface area contributed by atoms with Gasteiger partial charge in [0.1, 0.15) is 11.4 Å². The Bertz CT molecular complexity index is 1440. The molecule has 12 heteroatoms. The molecule has 1 heterocycles. The molecule has 0 aliphatic heterocycles. The van der Waals surface area contributed by atoms with Crippen LogP contribution in [0.15, 0.2) is 78.0 Å². The summed E-state index contributed by atoms with van der Waals surface area (Å²) in [7, 11) is 0. The van der Waals surface area contributed by atoms with Gasteiger partial charge in [-0.25, -0.2) is 0 Å². The molecule has 0 saturated heterocycles. The molecule has 4 aromatic rings. The first kappa shape index (κ1) is 23.9. The lowest BCUT2D eigenvalue weighted by atomic mass is 10.1. The summed E-state index contributed by atoms with van der Waals surface area (Å²) in [6.07, 6.45) is 3.24. The van der Waals surface area contributed by atoms with Crippen LogP contribution in [0.1, 0.15) is 11.1 Å². The number of non-ortho nitro benzene ring substituents is 1. The highest BCUT2D eigenvalue weighted by Crippen LogP contribution is 2.29. The number of hydrogen-bond donors (Lipinski definition) is 1. The van der Waals surface area contributed by atoms with Crippen molar-refractivity contribution in [2.45, 2.75) is 6.54 Å². The monoisotopic (exact) mass is 510 g/mol. The Morgan fingerprint density at radius 3 is 2.46 bits per heavy atom. The number of nitrogens with one attached hydrogen (secondary N) is 1. The van der Waals surface area contributed by atoms with E-state index in [1.165, 1.54) is 12.3 Å². The van der Waals surface area contributed by atoms with Gasteiger partial charge in [-0.3, -0.25) is 30.3 Å². The van der Waals surface area contributed by atoms with E-state index in [0.717, 1.165) is 23.3 Å². The standard InChI is InChI=1S/C23H16Cl2N6O4/c24-18-7-6-16(20(25)10-18)13-29-14-17(23(28-29)15-4-2-1-3-5-15)12-26-27-21-9-8-19(30(32)33)11-22(21)31(34)35/h1-12,14,27H,13H2/b26-12-. The molecule has 0 amide bonds. The fourth-order valence-corrected chi connectivity index (χ4v) is 3.78. The van der Waals surface area contributed by atoms with E-state index >= 15 is 0 Å². The van der Waals surface area contributed by atoms with Gasteiger partial charge in [0, 0.05) is 33.4 Å². The average molecular weight is 511 g/mol. The van der Waals surface area contributed by atoms with E-state index in [2.05, 4.69) is 15.6 Å². The van der Waals surface area contributed by atoms with Crippen molar-refractivity contribution >= 4 is 46.5 Å². The van der Waals surface area contributed by atoms with Crippen LogP contribution >= 0.6 is 23.2 Å². The second kappa shape index (κ2) is 10.3. The number of aromatic nitrogens is 2. The topological polar surface area (TPSA) is 128 Å². The Morgan fingerprint density at radius 1 is 1.00 bits per heavy atom. The second-order valence-electron chi connectivity index (χ2n) is 7.32. The molecule has 0 radical (unpaired) electrons. The van der Waals surface area contributed by atoms with Crippen LogP contribution in [-0.4, -0.2) is 25.8 Å². The summed E-state index contributed by atoms with van der Waals surface area (Å²) in [5, 5.41) is 32.1. The molecule has 0 aliphatic rings. The first-order valence-electron chi connectivity index (χ1n) is 10.1. The summed E-state index contributed by atoms with van der Waals surface area (Å²) in [6.45, 7) is 0.380. The van der Waals surface area contributed by atoms with Crippen LogP contribution in [0, 0.1) is 20.2 Å². The molecular formula is C23H16Cl2N6O4. The Kier molecular flexibility index (Phi) is 7.04. The Labute approximate surface area is 208 Å². The zero-order valence-electron chi connectivity index (χ0n) is 17.8. The number of rotatable bonds is 8. The minimum atomic E-state index is -0.714. The van der Waals surface area contributed by atoms with Crippen LogP contribution in [0.2, 0.25) is 10.0 Å². The summed E-state index contributed by atoms with van der Waals surface area (Å²) in [4.78, 5) is 20.9. The summed E-state index contributed by atoms with van der Waals surface area (Å²) < 4.78 is 1.70. The maximum absolute atomic E-state index is 11.4. The van der Waals surface area contributed by atoms with Crippen LogP contribution in [0.5, 0.6) is 0 Å². The van der Waals surface area contributed by atoms with Crippen molar-refractivity contribution in [3.8, 4) is 11.3 Å². The lowest BCUT2D eigenvalue weighted by Gasteiger charge is -2.05. The van der Waals surface area contributed by atoms with Gasteiger partial charge in [0.15, 0.2) is 0 Å². The predicted octanol–water partition coefficient (Wildman–Crippen LogP) is 6.17. The number of nitro groups is 2. The molecule has 0 atom stereocenters. The van der Waals surface area contributed by atoms with Crippen LogP contribution in [-0.2, 0) is 6.54 Å². The third-order valence-electron chi connectivity index (χ3n) is 4.96. The molecule has 3 aromatic carbocycles. The molecule has 35 heavy (non-hydrogen) atoms. The second-order valence-corrected chi connectivity index (χ2v) is 8.16. The Balaban J connectivity index is 1.65. The fourth-order valence-electron chi connectivity index (χ4n) is 3.31. The van der Waals surface area contributed by atoms with Crippen LogP contribution < -0.4 is 5.43 Å². The van der Waals surface area contributed by atoms with Gasteiger partial charge in [-0.1, -0.05) is 59.6 Å². The molecule has 0 bridgehead atoms. The fraction of sp³-hybridized carbons (Fsp3) is 0.0435. The highest BCUT2D eigenvalue weighted by molar-refractivity contribution is 6.35. The molecule has 1 N–H and O–H groups in total. The minimum absolute atomic E-state index is 0.0125. The first-order valence-corrected chi connectivity index (χ1v) is 10.9. The summed E-state index contributed by atoms with van der Waals surface area (Å²) >= 11 is 12.3. The van der Waals surface area contributed by atoms with Gasteiger partial charge in [-0.15, -0.1) is 0 Å². The largest absolute Gasteiger partial charge is 0.301 e. The number of benzene rings is 3. The van der Waals surface area contributed by atoms with Gasteiger partial charge >= 0.3 is 5.69 Å². The van der Waals surface area contributed by atoms with Gasteiger partial charge in [-0.2, -0.15) is 10.2 Å². The van der Waals surface area contributed by atoms with E-state index in [-0.39, 0.29) is 11.4 Å². The van der Waals surface area contributed by atoms with Crippen molar-refractivity contribution in [1.29, 1.82) is 0 Å². The molecule has 4 rings (SSSR count). The lowest BCUT2D eigenvalue weighted by Crippen LogP contribution is -2.01. The average Bonchev–Trinajstić information content (AvgIpc) is 3.24. The number of anilines is 1. The maximum atomic E-state index is 11.4. The SMILES string of the molecule is O=[N+]([O-])c1ccc(N/N=C\c2cn(Cc3ccc(Cl)cc3Cl)nc2-c2ccccc2)c([N+](=O)[O-])c1. The molecular weight excluding hydrogens is 495 g/mol. The number of nitro benzene ring substituents is 2. The highest BCUT2D eigenvalue weighted by Gasteiger charge is 2.19. The van der Waals surface area contributed by atoms with Crippen molar-refractivity contribution in [2.24, 2.45) is 5.10 Å². The van der Waals surface area contributed by atoms with Gasteiger partial charge in [0.25, 0.3) is 5.69 Å². The van der Waals surface area contributed by atoms with E-state index < -0.39 is 15.5 Å². The van der Waals surface area contributed by atoms with Crippen LogP contribution in [0.3, 0.4) is 0 Å². The van der Waals surface area contributed by atoms with Crippen LogP contribution in [0.4, 0.5) is 17.1 Å². The smallest absolute Gasteiger partial charge is 0.272 e. The molecule has 0 fully saturated rings. The normalized spacial score (nSPS) is 11.0. The molecule has 0 spiro atoms. The van der Waals surface area contributed by atoms with Crippen molar-refractivity contribution in [3.63, 3.8) is 0 Å². The third-order valence-corrected chi connectivity index (χ3v) is 5.55. The van der Waals surface area contributed by atoms with E-state index in [9.17, 15) is 20.2 Å². The highest BCUT2D eigenvalue weighted by atomic mass is 35.5. The molecule has 10 nitrogen and oxygen atoms in total. The van der Waals surface area contributed by atoms with Crippen molar-refractivity contribution in [3.05, 3.63) is 114 Å². The Hall–Kier alpha value is -4.28. The maximum Gasteiger partial charge on any atom is 0.301 e. The van der Waals surface area contributed by atoms with Gasteiger partial charge in [-0.05, 0) is 23.8 Å².